The molecule has 94 valence electrons. The minimum Gasteiger partial charge on any atom is -0.465 e. The van der Waals surface area contributed by atoms with Crippen molar-refractivity contribution in [1.82, 2.24) is 4.98 Å². The summed E-state index contributed by atoms with van der Waals surface area (Å²) in [5.41, 5.74) is 1.09. The number of nitriles is 1. The van der Waals surface area contributed by atoms with Crippen LogP contribution in [0.2, 0.25) is 0 Å². The van der Waals surface area contributed by atoms with Crippen molar-refractivity contribution in [2.24, 2.45) is 0 Å². The van der Waals surface area contributed by atoms with Crippen molar-refractivity contribution in [2.75, 3.05) is 13.4 Å². The fraction of sp³-hybridized carbons (Fsp3) is 0.250. The molecule has 1 heterocycles. The number of pyridine rings is 1. The Labute approximate surface area is 114 Å². The molecule has 0 bridgehead atoms. The molecule has 0 aromatic carbocycles. The number of nitrogens with zero attached hydrogens (tertiary/aromatic N) is 2. The molecule has 0 aliphatic rings. The highest BCUT2D eigenvalue weighted by Gasteiger charge is 2.15. The molecule has 1 aromatic heterocycles. The third-order valence-electron chi connectivity index (χ3n) is 1.98. The maximum atomic E-state index is 11.4. The smallest absolute Gasteiger partial charge is 0.350 e. The summed E-state index contributed by atoms with van der Waals surface area (Å²) in [5.74, 6) is 0.0622. The first-order valence-corrected chi connectivity index (χ1v) is 7.22. The lowest BCUT2D eigenvalue weighted by Gasteiger charge is -2.06. The summed E-state index contributed by atoms with van der Waals surface area (Å²) < 4.78 is 5.24. The van der Waals surface area contributed by atoms with Crippen LogP contribution in [0.15, 0.2) is 34.3 Å². The van der Waals surface area contributed by atoms with Crippen molar-refractivity contribution in [3.63, 3.8) is 0 Å². The lowest BCUT2D eigenvalue weighted by molar-refractivity contribution is -0.135. The van der Waals surface area contributed by atoms with E-state index < -0.39 is 5.97 Å². The van der Waals surface area contributed by atoms with Gasteiger partial charge in [-0.05, 0) is 17.9 Å². The van der Waals surface area contributed by atoms with Gasteiger partial charge in [-0.2, -0.15) is 5.26 Å². The van der Waals surface area contributed by atoms with Crippen LogP contribution < -0.4 is 0 Å². The maximum absolute atomic E-state index is 11.4. The fourth-order valence-electron chi connectivity index (χ4n) is 1.14. The Morgan fingerprint density at radius 1 is 1.61 bits per heavy atom. The number of esters is 1. The zero-order valence-electron chi connectivity index (χ0n) is 10.0. The van der Waals surface area contributed by atoms with E-state index in [4.69, 9.17) is 5.26 Å². The molecule has 0 N–H and O–H groups in total. The number of rotatable bonds is 5. The minimum absolute atomic E-state index is 0.0545. The van der Waals surface area contributed by atoms with Gasteiger partial charge in [-0.25, -0.2) is 4.79 Å². The number of hydrogen-bond donors (Lipinski definition) is 0. The molecule has 1 aromatic rings. The van der Waals surface area contributed by atoms with Crippen molar-refractivity contribution >= 4 is 29.5 Å². The van der Waals surface area contributed by atoms with E-state index in [-0.39, 0.29) is 5.57 Å². The summed E-state index contributed by atoms with van der Waals surface area (Å²) in [6.45, 7) is 0. The second-order valence-corrected chi connectivity index (χ2v) is 5.18. The molecule has 0 spiro atoms. The molecule has 0 amide bonds. The predicted octanol–water partition coefficient (Wildman–Crippen LogP) is 2.59. The Morgan fingerprint density at radius 2 is 2.39 bits per heavy atom. The number of carbonyl (C=O) groups is 1. The van der Waals surface area contributed by atoms with Crippen molar-refractivity contribution in [3.8, 4) is 6.07 Å². The van der Waals surface area contributed by atoms with E-state index in [1.54, 1.807) is 12.4 Å². The van der Waals surface area contributed by atoms with Crippen molar-refractivity contribution < 1.29 is 9.53 Å². The molecule has 0 aliphatic heterocycles. The summed E-state index contributed by atoms with van der Waals surface area (Å²) in [7, 11) is 1.27. The average molecular weight is 280 g/mol. The number of methoxy groups -OCH3 is 1. The van der Waals surface area contributed by atoms with Crippen LogP contribution >= 0.6 is 23.5 Å². The fourth-order valence-corrected chi connectivity index (χ4v) is 2.87. The van der Waals surface area contributed by atoms with Crippen LogP contribution in [-0.2, 0) is 15.3 Å². The Bertz CT molecular complexity index is 481. The van der Waals surface area contributed by atoms with Gasteiger partial charge in [0.15, 0.2) is 5.57 Å². The monoisotopic (exact) mass is 280 g/mol. The summed E-state index contributed by atoms with van der Waals surface area (Å²) >= 11 is 2.79. The third kappa shape index (κ3) is 4.09. The van der Waals surface area contributed by atoms with E-state index in [9.17, 15) is 4.79 Å². The second-order valence-electron chi connectivity index (χ2n) is 3.12. The van der Waals surface area contributed by atoms with Crippen LogP contribution in [0.25, 0.3) is 0 Å². The van der Waals surface area contributed by atoms with Crippen molar-refractivity contribution in [1.29, 1.82) is 5.26 Å². The lowest BCUT2D eigenvalue weighted by Crippen LogP contribution is -2.04. The third-order valence-corrected chi connectivity index (χ3v) is 4.36. The summed E-state index contributed by atoms with van der Waals surface area (Å²) in [4.78, 5) is 15.4. The van der Waals surface area contributed by atoms with Crippen LogP contribution in [0.1, 0.15) is 5.56 Å². The Hall–Kier alpha value is -1.45. The van der Waals surface area contributed by atoms with E-state index in [2.05, 4.69) is 9.72 Å². The van der Waals surface area contributed by atoms with Crippen LogP contribution in [-0.4, -0.2) is 24.3 Å². The van der Waals surface area contributed by atoms with Crippen LogP contribution in [0.4, 0.5) is 0 Å². The van der Waals surface area contributed by atoms with Gasteiger partial charge in [-0.15, -0.1) is 23.5 Å². The molecular formula is C12H12N2O2S2. The van der Waals surface area contributed by atoms with E-state index in [0.717, 1.165) is 5.56 Å². The van der Waals surface area contributed by atoms with Gasteiger partial charge in [-0.3, -0.25) is 4.98 Å². The Morgan fingerprint density at radius 3 is 2.89 bits per heavy atom. The number of aromatic nitrogens is 1. The van der Waals surface area contributed by atoms with Gasteiger partial charge in [-0.1, -0.05) is 6.07 Å². The molecule has 0 fully saturated rings. The highest BCUT2D eigenvalue weighted by Crippen LogP contribution is 2.32. The molecule has 0 atom stereocenters. The molecular weight excluding hydrogens is 268 g/mol. The molecule has 0 radical (unpaired) electrons. The van der Waals surface area contributed by atoms with Gasteiger partial charge in [0.25, 0.3) is 0 Å². The van der Waals surface area contributed by atoms with Crippen LogP contribution in [0.3, 0.4) is 0 Å². The first-order chi connectivity index (χ1) is 8.72. The molecule has 0 saturated heterocycles. The summed E-state index contributed by atoms with van der Waals surface area (Å²) in [5, 5.41) is 8.98. The molecule has 0 aliphatic carbocycles. The number of carbonyl (C=O) groups excluding carboxylic acids is 1. The van der Waals surface area contributed by atoms with Gasteiger partial charge >= 0.3 is 5.97 Å². The quantitative estimate of drug-likeness (QED) is 0.469. The van der Waals surface area contributed by atoms with Gasteiger partial charge < -0.3 is 4.74 Å². The molecule has 6 heteroatoms. The average Bonchev–Trinajstić information content (AvgIpc) is 2.43. The molecule has 0 unspecified atom stereocenters. The number of ether oxygens (including phenoxy) is 1. The minimum atomic E-state index is -0.597. The summed E-state index contributed by atoms with van der Waals surface area (Å²) in [6.07, 6.45) is 5.29. The maximum Gasteiger partial charge on any atom is 0.350 e. The van der Waals surface area contributed by atoms with Crippen molar-refractivity contribution in [2.45, 2.75) is 5.75 Å². The molecule has 1 rings (SSSR count). The van der Waals surface area contributed by atoms with Gasteiger partial charge in [0.1, 0.15) is 6.07 Å². The van der Waals surface area contributed by atoms with Crippen LogP contribution in [0.5, 0.6) is 0 Å². The van der Waals surface area contributed by atoms with Gasteiger partial charge in [0.05, 0.1) is 11.3 Å². The van der Waals surface area contributed by atoms with Crippen LogP contribution in [0, 0.1) is 11.3 Å². The van der Waals surface area contributed by atoms with Crippen molar-refractivity contribution in [3.05, 3.63) is 39.9 Å². The highest BCUT2D eigenvalue weighted by atomic mass is 32.2. The SMILES string of the molecule is COC(=O)C(C#N)=C(SC)SCc1cccnc1. The van der Waals surface area contributed by atoms with E-state index >= 15 is 0 Å². The first kappa shape index (κ1) is 14.6. The topological polar surface area (TPSA) is 63.0 Å². The second kappa shape index (κ2) is 7.80. The lowest BCUT2D eigenvalue weighted by atomic mass is 10.3. The predicted molar refractivity (Wildman–Crippen MR) is 73.7 cm³/mol. The first-order valence-electron chi connectivity index (χ1n) is 5.01. The molecule has 18 heavy (non-hydrogen) atoms. The van der Waals surface area contributed by atoms with Gasteiger partial charge in [0.2, 0.25) is 0 Å². The Kier molecular flexibility index (Phi) is 6.33. The summed E-state index contributed by atoms with van der Waals surface area (Å²) in [6, 6.07) is 5.69. The molecule has 4 nitrogen and oxygen atoms in total. The molecule has 0 saturated carbocycles. The Balaban J connectivity index is 2.81. The zero-order valence-corrected chi connectivity index (χ0v) is 11.7. The van der Waals surface area contributed by atoms with E-state index in [1.807, 2.05) is 24.5 Å². The zero-order chi connectivity index (χ0) is 13.4. The number of thioether (sulfide) groups is 2. The highest BCUT2D eigenvalue weighted by molar-refractivity contribution is 8.21. The normalized spacial score (nSPS) is 11.4. The van der Waals surface area contributed by atoms with Gasteiger partial charge in [0, 0.05) is 18.1 Å². The standard InChI is InChI=1S/C12H12N2O2S2/c1-16-11(15)10(6-13)12(17-2)18-8-9-4-3-5-14-7-9/h3-5,7H,8H2,1-2H3. The van der Waals surface area contributed by atoms with E-state index in [1.165, 1.54) is 30.6 Å². The van der Waals surface area contributed by atoms with E-state index in [0.29, 0.717) is 9.99 Å². The number of hydrogen-bond acceptors (Lipinski definition) is 6. The largest absolute Gasteiger partial charge is 0.465 e.